The molecule has 0 radical (unpaired) electrons. The van der Waals surface area contributed by atoms with Gasteiger partial charge >= 0.3 is 0 Å². The van der Waals surface area contributed by atoms with Crippen molar-refractivity contribution in [3.05, 3.63) is 54.1 Å². The highest BCUT2D eigenvalue weighted by molar-refractivity contribution is 7.99. The third-order valence-corrected chi connectivity index (χ3v) is 5.32. The van der Waals surface area contributed by atoms with Gasteiger partial charge in [-0.3, -0.25) is 0 Å². The lowest BCUT2D eigenvalue weighted by atomic mass is 9.98. The fourth-order valence-corrected chi connectivity index (χ4v) is 3.76. The summed E-state index contributed by atoms with van der Waals surface area (Å²) in [5.41, 5.74) is 3.84. The van der Waals surface area contributed by atoms with Crippen LogP contribution in [0, 0.1) is 11.3 Å². The molecule has 0 saturated carbocycles. The first-order valence-corrected chi connectivity index (χ1v) is 10.1. The van der Waals surface area contributed by atoms with Gasteiger partial charge in [0.2, 0.25) is 0 Å². The van der Waals surface area contributed by atoms with Crippen LogP contribution < -0.4 is 14.2 Å². The van der Waals surface area contributed by atoms with E-state index in [9.17, 15) is 5.26 Å². The van der Waals surface area contributed by atoms with Crippen molar-refractivity contribution in [1.82, 2.24) is 4.98 Å². The van der Waals surface area contributed by atoms with E-state index in [-0.39, 0.29) is 0 Å². The Labute approximate surface area is 175 Å². The second-order valence-corrected chi connectivity index (χ2v) is 7.33. The number of benzene rings is 2. The Kier molecular flexibility index (Phi) is 6.63. The van der Waals surface area contributed by atoms with Gasteiger partial charge in [0, 0.05) is 11.1 Å². The van der Waals surface area contributed by atoms with Crippen molar-refractivity contribution in [2.45, 2.75) is 11.9 Å². The molecular formula is C23H22N2O3S. The first kappa shape index (κ1) is 20.6. The predicted octanol–water partition coefficient (Wildman–Crippen LogP) is 5.43. The lowest BCUT2D eigenvalue weighted by molar-refractivity contribution is 0.404. The lowest BCUT2D eigenvalue weighted by Gasteiger charge is -2.15. The zero-order valence-corrected chi connectivity index (χ0v) is 17.7. The number of ether oxygens (including phenoxy) is 3. The fourth-order valence-electron chi connectivity index (χ4n) is 3.02. The highest BCUT2D eigenvalue weighted by Crippen LogP contribution is 2.38. The van der Waals surface area contributed by atoms with Gasteiger partial charge in [0.25, 0.3) is 0 Å². The Morgan fingerprint density at radius 3 is 2.17 bits per heavy atom. The third kappa shape index (κ3) is 4.30. The second-order valence-electron chi connectivity index (χ2n) is 6.07. The lowest BCUT2D eigenvalue weighted by Crippen LogP contribution is -1.98. The van der Waals surface area contributed by atoms with Crippen LogP contribution in [-0.2, 0) is 0 Å². The Balaban J connectivity index is 2.26. The number of nitriles is 1. The van der Waals surface area contributed by atoms with Gasteiger partial charge in [0.1, 0.15) is 28.3 Å². The van der Waals surface area contributed by atoms with Crippen LogP contribution in [0.4, 0.5) is 0 Å². The minimum absolute atomic E-state index is 0.563. The molecule has 0 N–H and O–H groups in total. The van der Waals surface area contributed by atoms with Crippen LogP contribution in [-0.4, -0.2) is 32.1 Å². The van der Waals surface area contributed by atoms with Crippen LogP contribution in [0.3, 0.4) is 0 Å². The molecule has 0 aliphatic rings. The van der Waals surface area contributed by atoms with Gasteiger partial charge in [0.05, 0.1) is 32.6 Å². The molecule has 1 heterocycles. The first-order valence-electron chi connectivity index (χ1n) is 9.09. The zero-order valence-electron chi connectivity index (χ0n) is 16.9. The smallest absolute Gasteiger partial charge is 0.128 e. The standard InChI is InChI=1S/C23H22N2O3S/c1-5-29-23-20(14-24)18(15-6-8-16(26-2)9-7-15)13-21(25-23)19-12-17(27-3)10-11-22(19)28-4/h6-13H,5H2,1-4H3. The van der Waals surface area contributed by atoms with E-state index < -0.39 is 0 Å². The molecule has 148 valence electrons. The maximum absolute atomic E-state index is 9.86. The van der Waals surface area contributed by atoms with Crippen LogP contribution in [0.5, 0.6) is 17.2 Å². The van der Waals surface area contributed by atoms with Crippen molar-refractivity contribution in [2.24, 2.45) is 0 Å². The van der Waals surface area contributed by atoms with E-state index in [1.54, 1.807) is 33.1 Å². The molecule has 0 fully saturated rings. The SMILES string of the molecule is CCSc1nc(-c2cc(OC)ccc2OC)cc(-c2ccc(OC)cc2)c1C#N. The number of thioether (sulfide) groups is 1. The zero-order chi connectivity index (χ0) is 20.8. The van der Waals surface area contributed by atoms with Crippen LogP contribution >= 0.6 is 11.8 Å². The Hall–Kier alpha value is -3.17. The normalized spacial score (nSPS) is 10.3. The molecule has 5 nitrogen and oxygen atoms in total. The monoisotopic (exact) mass is 406 g/mol. The van der Waals surface area contributed by atoms with Gasteiger partial charge in [0.15, 0.2) is 0 Å². The van der Waals surface area contributed by atoms with Crippen molar-refractivity contribution in [2.75, 3.05) is 27.1 Å². The van der Waals surface area contributed by atoms with Crippen molar-refractivity contribution in [3.8, 4) is 45.7 Å². The topological polar surface area (TPSA) is 64.4 Å². The summed E-state index contributed by atoms with van der Waals surface area (Å²) in [5, 5.41) is 10.6. The number of rotatable bonds is 7. The summed E-state index contributed by atoms with van der Waals surface area (Å²) in [4.78, 5) is 4.79. The van der Waals surface area contributed by atoms with E-state index in [0.717, 1.165) is 33.9 Å². The van der Waals surface area contributed by atoms with Crippen LogP contribution in [0.15, 0.2) is 53.6 Å². The number of nitrogens with zero attached hydrogens (tertiary/aromatic N) is 2. The van der Waals surface area contributed by atoms with Crippen LogP contribution in [0.1, 0.15) is 12.5 Å². The molecule has 0 saturated heterocycles. The Morgan fingerprint density at radius 2 is 1.59 bits per heavy atom. The number of hydrogen-bond acceptors (Lipinski definition) is 6. The van der Waals surface area contributed by atoms with Crippen molar-refractivity contribution in [1.29, 1.82) is 5.26 Å². The van der Waals surface area contributed by atoms with Gasteiger partial charge in [-0.2, -0.15) is 5.26 Å². The summed E-state index contributed by atoms with van der Waals surface area (Å²) in [6.45, 7) is 2.04. The maximum Gasteiger partial charge on any atom is 0.128 e. The Morgan fingerprint density at radius 1 is 0.897 bits per heavy atom. The largest absolute Gasteiger partial charge is 0.497 e. The quantitative estimate of drug-likeness (QED) is 0.488. The van der Waals surface area contributed by atoms with E-state index in [1.165, 1.54) is 0 Å². The van der Waals surface area contributed by atoms with E-state index in [1.807, 2.05) is 55.5 Å². The summed E-state index contributed by atoms with van der Waals surface area (Å²) >= 11 is 1.54. The summed E-state index contributed by atoms with van der Waals surface area (Å²) in [7, 11) is 4.88. The second kappa shape index (κ2) is 9.35. The number of methoxy groups -OCH3 is 3. The number of aromatic nitrogens is 1. The molecule has 0 spiro atoms. The van der Waals surface area contributed by atoms with Gasteiger partial charge in [-0.1, -0.05) is 19.1 Å². The first-order chi connectivity index (χ1) is 14.1. The van der Waals surface area contributed by atoms with E-state index >= 15 is 0 Å². The molecule has 3 aromatic rings. The number of pyridine rings is 1. The van der Waals surface area contributed by atoms with E-state index in [0.29, 0.717) is 22.1 Å². The fraction of sp³-hybridized carbons (Fsp3) is 0.217. The third-order valence-electron chi connectivity index (χ3n) is 4.46. The van der Waals surface area contributed by atoms with Gasteiger partial charge in [-0.05, 0) is 47.7 Å². The highest BCUT2D eigenvalue weighted by atomic mass is 32.2. The van der Waals surface area contributed by atoms with E-state index in [4.69, 9.17) is 19.2 Å². The molecular weight excluding hydrogens is 384 g/mol. The van der Waals surface area contributed by atoms with Crippen molar-refractivity contribution >= 4 is 11.8 Å². The van der Waals surface area contributed by atoms with Crippen molar-refractivity contribution < 1.29 is 14.2 Å². The molecule has 1 aromatic heterocycles. The highest BCUT2D eigenvalue weighted by Gasteiger charge is 2.18. The van der Waals surface area contributed by atoms with Crippen molar-refractivity contribution in [3.63, 3.8) is 0 Å². The molecule has 3 rings (SSSR count). The molecule has 0 atom stereocenters. The minimum atomic E-state index is 0.563. The predicted molar refractivity (Wildman–Crippen MR) is 116 cm³/mol. The molecule has 0 bridgehead atoms. The molecule has 29 heavy (non-hydrogen) atoms. The van der Waals surface area contributed by atoms with Crippen LogP contribution in [0.2, 0.25) is 0 Å². The van der Waals surface area contributed by atoms with Gasteiger partial charge < -0.3 is 14.2 Å². The Bertz CT molecular complexity index is 1040. The molecule has 6 heteroatoms. The minimum Gasteiger partial charge on any atom is -0.497 e. The summed E-state index contributed by atoms with van der Waals surface area (Å²) in [5.74, 6) is 2.97. The average molecular weight is 407 g/mol. The molecule has 2 aromatic carbocycles. The summed E-state index contributed by atoms with van der Waals surface area (Å²) in [6, 6.07) is 17.5. The molecule has 0 aliphatic heterocycles. The molecule has 0 aliphatic carbocycles. The van der Waals surface area contributed by atoms with Gasteiger partial charge in [-0.15, -0.1) is 11.8 Å². The molecule has 0 amide bonds. The summed E-state index contributed by atoms with van der Waals surface area (Å²) in [6.07, 6.45) is 0. The average Bonchev–Trinajstić information content (AvgIpc) is 2.78. The van der Waals surface area contributed by atoms with Gasteiger partial charge in [-0.25, -0.2) is 4.98 Å². The molecule has 0 unspecified atom stereocenters. The number of hydrogen-bond donors (Lipinski definition) is 0. The maximum atomic E-state index is 9.86. The summed E-state index contributed by atoms with van der Waals surface area (Å²) < 4.78 is 16.2. The van der Waals surface area contributed by atoms with Crippen LogP contribution in [0.25, 0.3) is 22.4 Å². The van der Waals surface area contributed by atoms with E-state index in [2.05, 4.69) is 6.07 Å².